The van der Waals surface area contributed by atoms with E-state index < -0.39 is 23.8 Å². The molecule has 3 aliphatic heterocycles. The van der Waals surface area contributed by atoms with E-state index in [1.165, 1.54) is 60.7 Å². The largest absolute Gasteiger partial charge is 1.00 e. The number of benzene rings is 3. The van der Waals surface area contributed by atoms with E-state index in [1.807, 2.05) is 0 Å². The third-order valence-corrected chi connectivity index (χ3v) is 7.58. The van der Waals surface area contributed by atoms with Gasteiger partial charge in [0, 0.05) is 18.4 Å². The van der Waals surface area contributed by atoms with Crippen molar-refractivity contribution >= 4 is 11.9 Å². The average molecular weight is 589 g/mol. The Hall–Kier alpha value is -3.17. The SMILES string of the molecule is O=C(NC1C[N+]2(CC(=O)c3ccc(F)cc3)CCC1CC2)OC(c1cccc(F)c1)c1cccc(F)c1.[Br-]. The number of quaternary nitrogens is 1. The van der Waals surface area contributed by atoms with Crippen molar-refractivity contribution in [3.63, 3.8) is 0 Å². The Labute approximate surface area is 230 Å². The molecule has 3 heterocycles. The van der Waals surface area contributed by atoms with E-state index >= 15 is 0 Å². The highest BCUT2D eigenvalue weighted by molar-refractivity contribution is 5.97. The number of Topliss-reactive ketones (excluding diaryl/α,β-unsaturated/α-hetero) is 1. The lowest BCUT2D eigenvalue weighted by molar-refractivity contribution is -0.936. The van der Waals surface area contributed by atoms with E-state index in [-0.39, 0.29) is 47.1 Å². The lowest BCUT2D eigenvalue weighted by Gasteiger charge is -2.52. The molecular formula is C29H28BrF3N2O3. The number of carbonyl (C=O) groups excluding carboxylic acids is 2. The molecule has 9 heteroatoms. The Bertz CT molecular complexity index is 1250. The quantitative estimate of drug-likeness (QED) is 0.341. The maximum absolute atomic E-state index is 13.9. The van der Waals surface area contributed by atoms with E-state index in [0.717, 1.165) is 25.9 Å². The summed E-state index contributed by atoms with van der Waals surface area (Å²) in [4.78, 5) is 26.0. The molecule has 3 aliphatic rings. The molecule has 3 fully saturated rings. The predicted octanol–water partition coefficient (Wildman–Crippen LogP) is 2.42. The smallest absolute Gasteiger partial charge is 0.408 e. The van der Waals surface area contributed by atoms with Crippen LogP contribution in [0.3, 0.4) is 0 Å². The fourth-order valence-electron chi connectivity index (χ4n) is 5.66. The van der Waals surface area contributed by atoms with Crippen molar-refractivity contribution < 1.29 is 49.0 Å². The molecule has 0 aromatic heterocycles. The number of fused-ring (bicyclic) bond motifs is 3. The zero-order chi connectivity index (χ0) is 26.0. The van der Waals surface area contributed by atoms with Gasteiger partial charge in [-0.1, -0.05) is 24.3 Å². The van der Waals surface area contributed by atoms with Gasteiger partial charge in [0.2, 0.25) is 5.78 Å². The van der Waals surface area contributed by atoms with Crippen LogP contribution in [-0.4, -0.2) is 48.6 Å². The zero-order valence-corrected chi connectivity index (χ0v) is 22.2. The molecule has 0 aliphatic carbocycles. The Balaban J connectivity index is 0.00000336. The van der Waals surface area contributed by atoms with Crippen molar-refractivity contribution in [3.8, 4) is 0 Å². The minimum absolute atomic E-state index is 0. The summed E-state index contributed by atoms with van der Waals surface area (Å²) >= 11 is 0. The van der Waals surface area contributed by atoms with Gasteiger partial charge in [-0.2, -0.15) is 0 Å². The van der Waals surface area contributed by atoms with Crippen molar-refractivity contribution in [3.05, 3.63) is 107 Å². The van der Waals surface area contributed by atoms with E-state index in [2.05, 4.69) is 5.32 Å². The van der Waals surface area contributed by atoms with Crippen LogP contribution in [0.2, 0.25) is 0 Å². The third kappa shape index (κ3) is 6.27. The molecule has 1 atom stereocenters. The first-order valence-corrected chi connectivity index (χ1v) is 12.4. The number of hydrogen-bond donors (Lipinski definition) is 1. The summed E-state index contributed by atoms with van der Waals surface area (Å²) < 4.78 is 47.5. The van der Waals surface area contributed by atoms with Crippen LogP contribution in [0.25, 0.3) is 0 Å². The van der Waals surface area contributed by atoms with Gasteiger partial charge in [0.1, 0.15) is 24.0 Å². The second kappa shape index (κ2) is 11.7. The van der Waals surface area contributed by atoms with Gasteiger partial charge in [-0.3, -0.25) is 4.79 Å². The molecule has 0 radical (unpaired) electrons. The van der Waals surface area contributed by atoms with Gasteiger partial charge in [0.15, 0.2) is 6.10 Å². The van der Waals surface area contributed by atoms with Gasteiger partial charge in [-0.25, -0.2) is 18.0 Å². The standard InChI is InChI=1S/C29H27F3N2O3.BrH/c30-23-9-7-20(8-10-23)27(35)18-34-13-11-19(12-14-34)26(17-34)33-29(36)37-28(21-3-1-5-24(31)15-21)22-4-2-6-25(32)16-22;/h1-10,15-16,19,26,28H,11-14,17-18H2;1H. The van der Waals surface area contributed by atoms with Crippen molar-refractivity contribution in [1.82, 2.24) is 5.32 Å². The van der Waals surface area contributed by atoms with Crippen LogP contribution < -0.4 is 22.3 Å². The number of hydrogen-bond acceptors (Lipinski definition) is 3. The van der Waals surface area contributed by atoms with Crippen LogP contribution in [0.15, 0.2) is 72.8 Å². The number of alkyl carbamates (subject to hydrolysis) is 1. The number of carbonyl (C=O) groups is 2. The number of piperidine rings is 3. The van der Waals surface area contributed by atoms with Crippen LogP contribution in [0.1, 0.15) is 40.4 Å². The maximum Gasteiger partial charge on any atom is 0.408 e. The fraction of sp³-hybridized carbons (Fsp3) is 0.310. The summed E-state index contributed by atoms with van der Waals surface area (Å²) in [6.45, 7) is 2.53. The highest BCUT2D eigenvalue weighted by Crippen LogP contribution is 2.35. The molecule has 0 saturated carbocycles. The Kier molecular flexibility index (Phi) is 8.57. The molecule has 38 heavy (non-hydrogen) atoms. The molecule has 1 N–H and O–H groups in total. The first kappa shape index (κ1) is 27.9. The average Bonchev–Trinajstić information content (AvgIpc) is 2.88. The summed E-state index contributed by atoms with van der Waals surface area (Å²) in [5.41, 5.74) is 1.25. The topological polar surface area (TPSA) is 55.4 Å². The maximum atomic E-state index is 13.9. The lowest BCUT2D eigenvalue weighted by Crippen LogP contribution is -3.00. The number of ketones is 1. The van der Waals surface area contributed by atoms with Crippen LogP contribution in [0.5, 0.6) is 0 Å². The summed E-state index contributed by atoms with van der Waals surface area (Å²) in [5, 5.41) is 2.97. The zero-order valence-electron chi connectivity index (χ0n) is 20.6. The van der Waals surface area contributed by atoms with Gasteiger partial charge in [0.25, 0.3) is 0 Å². The van der Waals surface area contributed by atoms with E-state index in [1.54, 1.807) is 12.1 Å². The molecule has 1 amide bonds. The lowest BCUT2D eigenvalue weighted by atomic mass is 9.81. The van der Waals surface area contributed by atoms with Crippen molar-refractivity contribution in [2.24, 2.45) is 5.92 Å². The molecule has 3 saturated heterocycles. The Morgan fingerprint density at radius 2 is 1.45 bits per heavy atom. The summed E-state index contributed by atoms with van der Waals surface area (Å²) in [6.07, 6.45) is 0.0496. The van der Waals surface area contributed by atoms with E-state index in [4.69, 9.17) is 4.74 Å². The van der Waals surface area contributed by atoms with E-state index in [9.17, 15) is 22.8 Å². The molecular weight excluding hydrogens is 561 g/mol. The number of nitrogens with zero attached hydrogens (tertiary/aromatic N) is 1. The number of rotatable bonds is 7. The molecule has 6 rings (SSSR count). The Morgan fingerprint density at radius 1 is 0.868 bits per heavy atom. The molecule has 2 bridgehead atoms. The van der Waals surface area contributed by atoms with Gasteiger partial charge in [-0.15, -0.1) is 0 Å². The summed E-state index contributed by atoms with van der Waals surface area (Å²) in [5.74, 6) is -1.16. The Morgan fingerprint density at radius 3 is 2.00 bits per heavy atom. The molecule has 5 nitrogen and oxygen atoms in total. The third-order valence-electron chi connectivity index (χ3n) is 7.58. The second-order valence-electron chi connectivity index (χ2n) is 10.0. The molecule has 3 aromatic rings. The van der Waals surface area contributed by atoms with Crippen LogP contribution >= 0.6 is 0 Å². The number of amides is 1. The predicted molar refractivity (Wildman–Crippen MR) is 131 cm³/mol. The fourth-order valence-corrected chi connectivity index (χ4v) is 5.66. The van der Waals surface area contributed by atoms with Crippen LogP contribution in [-0.2, 0) is 4.74 Å². The van der Waals surface area contributed by atoms with Crippen LogP contribution in [0.4, 0.5) is 18.0 Å². The van der Waals surface area contributed by atoms with Crippen LogP contribution in [0, 0.1) is 23.4 Å². The molecule has 0 spiro atoms. The molecule has 3 aromatic carbocycles. The van der Waals surface area contributed by atoms with Gasteiger partial charge in [0.05, 0.1) is 25.7 Å². The van der Waals surface area contributed by atoms with Gasteiger partial charge < -0.3 is 31.5 Å². The summed E-state index contributed by atoms with van der Waals surface area (Å²) in [7, 11) is 0. The number of nitrogens with one attached hydrogen (secondary N) is 1. The van der Waals surface area contributed by atoms with Crippen molar-refractivity contribution in [2.45, 2.75) is 25.0 Å². The van der Waals surface area contributed by atoms with Crippen molar-refractivity contribution in [2.75, 3.05) is 26.2 Å². The highest BCUT2D eigenvalue weighted by Gasteiger charge is 2.47. The van der Waals surface area contributed by atoms with Gasteiger partial charge >= 0.3 is 6.09 Å². The molecule has 1 unspecified atom stereocenters. The van der Waals surface area contributed by atoms with Crippen molar-refractivity contribution in [1.29, 1.82) is 0 Å². The molecule has 200 valence electrons. The minimum atomic E-state index is -0.990. The van der Waals surface area contributed by atoms with E-state index in [0.29, 0.717) is 27.7 Å². The van der Waals surface area contributed by atoms with Gasteiger partial charge in [-0.05, 0) is 65.6 Å². The number of halogens is 4. The minimum Gasteiger partial charge on any atom is -1.00 e. The normalized spacial score (nSPS) is 22.0. The monoisotopic (exact) mass is 588 g/mol. The first-order chi connectivity index (χ1) is 17.8. The first-order valence-electron chi connectivity index (χ1n) is 12.4. The second-order valence-corrected chi connectivity index (χ2v) is 10.0. The highest BCUT2D eigenvalue weighted by atomic mass is 79.9. The number of ether oxygens (including phenoxy) is 1. The summed E-state index contributed by atoms with van der Waals surface area (Å²) in [6, 6.07) is 16.7.